The molecule has 4 rings (SSSR count). The van der Waals surface area contributed by atoms with Crippen LogP contribution in [0.1, 0.15) is 37.7 Å². The van der Waals surface area contributed by atoms with E-state index in [1.807, 2.05) is 18.2 Å². The van der Waals surface area contributed by atoms with Crippen molar-refractivity contribution in [2.45, 2.75) is 43.4 Å². The maximum absolute atomic E-state index is 14.0. The van der Waals surface area contributed by atoms with Crippen LogP contribution in [0.25, 0.3) is 16.5 Å². The number of benzene rings is 1. The fraction of sp³-hybridized carbons (Fsp3) is 0.368. The first-order valence-electron chi connectivity index (χ1n) is 8.89. The number of hydrogen-bond donors (Lipinski definition) is 3. The van der Waals surface area contributed by atoms with Gasteiger partial charge >= 0.3 is 0 Å². The highest BCUT2D eigenvalue weighted by atomic mass is 35.5. The summed E-state index contributed by atoms with van der Waals surface area (Å²) in [5, 5.41) is 4.77. The van der Waals surface area contributed by atoms with Gasteiger partial charge in [0.2, 0.25) is 5.95 Å². The number of nitrogen functional groups attached to an aromatic ring is 1. The molecule has 7 heteroatoms. The minimum absolute atomic E-state index is 0.244. The number of dihydropyridines is 1. The molecule has 1 unspecified atom stereocenters. The third-order valence-electron chi connectivity index (χ3n) is 4.87. The molecule has 1 aromatic carbocycles. The summed E-state index contributed by atoms with van der Waals surface area (Å²) in [7, 11) is 0. The molecule has 4 N–H and O–H groups in total. The van der Waals surface area contributed by atoms with Crippen molar-refractivity contribution in [2.75, 3.05) is 11.1 Å². The van der Waals surface area contributed by atoms with E-state index in [-0.39, 0.29) is 5.95 Å². The second kappa shape index (κ2) is 6.76. The van der Waals surface area contributed by atoms with Crippen molar-refractivity contribution in [3.8, 4) is 0 Å². The van der Waals surface area contributed by atoms with Crippen molar-refractivity contribution < 1.29 is 4.39 Å². The molecule has 2 heterocycles. The number of hydrogen-bond acceptors (Lipinski definition) is 5. The van der Waals surface area contributed by atoms with Crippen LogP contribution in [-0.4, -0.2) is 21.3 Å². The van der Waals surface area contributed by atoms with Crippen LogP contribution in [0, 0.1) is 0 Å². The first-order valence-corrected chi connectivity index (χ1v) is 9.27. The summed E-state index contributed by atoms with van der Waals surface area (Å²) in [4.78, 5) is 8.74. The zero-order valence-electron chi connectivity index (χ0n) is 14.3. The predicted octanol–water partition coefficient (Wildman–Crippen LogP) is 4.32. The molecule has 2 aromatic rings. The molecule has 0 spiro atoms. The van der Waals surface area contributed by atoms with E-state index in [1.54, 1.807) is 6.08 Å². The number of anilines is 2. The molecular weight excluding hydrogens is 353 g/mol. The van der Waals surface area contributed by atoms with E-state index in [1.165, 1.54) is 31.5 Å². The van der Waals surface area contributed by atoms with Crippen molar-refractivity contribution in [1.29, 1.82) is 0 Å². The second-order valence-electron chi connectivity index (χ2n) is 6.84. The van der Waals surface area contributed by atoms with Crippen molar-refractivity contribution >= 4 is 39.8 Å². The molecule has 0 bridgehead atoms. The average molecular weight is 374 g/mol. The van der Waals surface area contributed by atoms with E-state index < -0.39 is 5.25 Å². The number of aromatic nitrogens is 2. The Labute approximate surface area is 156 Å². The lowest BCUT2D eigenvalue weighted by molar-refractivity contribution is 0.311. The second-order valence-corrected chi connectivity index (χ2v) is 7.39. The lowest BCUT2D eigenvalue weighted by Gasteiger charge is -2.24. The Balaban J connectivity index is 1.74. The topological polar surface area (TPSA) is 75.9 Å². The van der Waals surface area contributed by atoms with Gasteiger partial charge in [-0.2, -0.15) is 9.37 Å². The maximum atomic E-state index is 14.0. The Morgan fingerprint density at radius 2 is 2.04 bits per heavy atom. The molecule has 0 radical (unpaired) electrons. The highest BCUT2D eigenvalue weighted by molar-refractivity contribution is 6.24. The van der Waals surface area contributed by atoms with Gasteiger partial charge in [0, 0.05) is 17.6 Å². The largest absolute Gasteiger partial charge is 0.368 e. The molecule has 0 saturated heterocycles. The normalized spacial score (nSPS) is 23.5. The molecule has 2 aliphatic rings. The number of halogens is 2. The molecule has 26 heavy (non-hydrogen) atoms. The van der Waals surface area contributed by atoms with Gasteiger partial charge in [0.1, 0.15) is 5.82 Å². The number of allylic oxidation sites excluding steroid dienone is 2. The van der Waals surface area contributed by atoms with Crippen LogP contribution in [0.4, 0.5) is 16.2 Å². The third-order valence-corrected chi connectivity index (χ3v) is 5.09. The highest BCUT2D eigenvalue weighted by Gasteiger charge is 2.24. The van der Waals surface area contributed by atoms with Gasteiger partial charge in [0.15, 0.2) is 0 Å². The van der Waals surface area contributed by atoms with Gasteiger partial charge in [-0.3, -0.25) is 0 Å². The number of nitrogens with two attached hydrogens (primary N) is 1. The Kier molecular flexibility index (Phi) is 4.44. The molecule has 1 saturated carbocycles. The summed E-state index contributed by atoms with van der Waals surface area (Å²) < 4.78 is 14.0. The molecule has 0 amide bonds. The van der Waals surface area contributed by atoms with E-state index in [2.05, 4.69) is 20.6 Å². The SMILES string of the molecule is Nc1nc(NC2CCCCC2)c2cc(C3=CC(F)(Cl)NC=C3)ccc2n1. The molecule has 1 aromatic heterocycles. The van der Waals surface area contributed by atoms with Crippen LogP contribution in [0.5, 0.6) is 0 Å². The fourth-order valence-electron chi connectivity index (χ4n) is 3.58. The monoisotopic (exact) mass is 373 g/mol. The maximum Gasteiger partial charge on any atom is 0.275 e. The standard InChI is InChI=1S/C19H21ClFN5/c20-19(21)11-13(8-9-23-19)12-6-7-16-15(10-12)17(26-18(22)25-16)24-14-4-2-1-3-5-14/h6-11,14,23H,1-5H2,(H3,22,24,25,26). The lowest BCUT2D eigenvalue weighted by Crippen LogP contribution is -2.30. The van der Waals surface area contributed by atoms with Crippen LogP contribution >= 0.6 is 11.6 Å². The Morgan fingerprint density at radius 3 is 2.81 bits per heavy atom. The van der Waals surface area contributed by atoms with Crippen LogP contribution < -0.4 is 16.4 Å². The van der Waals surface area contributed by atoms with Gasteiger partial charge in [0.25, 0.3) is 5.25 Å². The van der Waals surface area contributed by atoms with Crippen molar-refractivity contribution in [2.24, 2.45) is 0 Å². The summed E-state index contributed by atoms with van der Waals surface area (Å²) >= 11 is 5.76. The van der Waals surface area contributed by atoms with Gasteiger partial charge in [-0.05, 0) is 48.3 Å². The quantitative estimate of drug-likeness (QED) is 0.551. The fourth-order valence-corrected chi connectivity index (χ4v) is 3.76. The first-order chi connectivity index (χ1) is 12.5. The van der Waals surface area contributed by atoms with Gasteiger partial charge in [-0.25, -0.2) is 4.98 Å². The first kappa shape index (κ1) is 17.1. The summed E-state index contributed by atoms with van der Waals surface area (Å²) in [6, 6.07) is 6.10. The van der Waals surface area contributed by atoms with Crippen LogP contribution in [-0.2, 0) is 0 Å². The molecule has 136 valence electrons. The summed E-state index contributed by atoms with van der Waals surface area (Å²) in [5.74, 6) is 0.977. The van der Waals surface area contributed by atoms with Gasteiger partial charge in [-0.15, -0.1) is 0 Å². The number of nitrogens with one attached hydrogen (secondary N) is 2. The smallest absolute Gasteiger partial charge is 0.275 e. The summed E-state index contributed by atoms with van der Waals surface area (Å²) in [6.07, 6.45) is 10.6. The van der Waals surface area contributed by atoms with Gasteiger partial charge < -0.3 is 16.4 Å². The van der Waals surface area contributed by atoms with Crippen LogP contribution in [0.15, 0.2) is 36.6 Å². The van der Waals surface area contributed by atoms with Crippen molar-refractivity contribution in [3.05, 3.63) is 42.1 Å². The molecule has 1 fully saturated rings. The average Bonchev–Trinajstić information content (AvgIpc) is 2.61. The third kappa shape index (κ3) is 3.60. The molecule has 5 nitrogen and oxygen atoms in total. The Morgan fingerprint density at radius 1 is 1.23 bits per heavy atom. The van der Waals surface area contributed by atoms with E-state index >= 15 is 0 Å². The Hall–Kier alpha value is -2.34. The minimum atomic E-state index is -2.08. The Bertz CT molecular complexity index is 887. The zero-order valence-corrected chi connectivity index (χ0v) is 15.1. The summed E-state index contributed by atoms with van der Waals surface area (Å²) in [5.41, 5.74) is 8.19. The van der Waals surface area contributed by atoms with E-state index in [0.717, 1.165) is 35.1 Å². The van der Waals surface area contributed by atoms with E-state index in [4.69, 9.17) is 17.3 Å². The van der Waals surface area contributed by atoms with Crippen LogP contribution in [0.3, 0.4) is 0 Å². The lowest BCUT2D eigenvalue weighted by atomic mass is 9.95. The van der Waals surface area contributed by atoms with E-state index in [0.29, 0.717) is 11.6 Å². The number of nitrogens with zero attached hydrogens (tertiary/aromatic N) is 2. The number of fused-ring (bicyclic) bond motifs is 1. The molecule has 1 atom stereocenters. The number of alkyl halides is 2. The molecule has 1 aliphatic heterocycles. The number of rotatable bonds is 3. The van der Waals surface area contributed by atoms with E-state index in [9.17, 15) is 4.39 Å². The molecule has 1 aliphatic carbocycles. The minimum Gasteiger partial charge on any atom is -0.368 e. The van der Waals surface area contributed by atoms with Crippen LogP contribution in [0.2, 0.25) is 0 Å². The van der Waals surface area contributed by atoms with Crippen molar-refractivity contribution in [1.82, 2.24) is 15.3 Å². The predicted molar refractivity (Wildman–Crippen MR) is 104 cm³/mol. The van der Waals surface area contributed by atoms with Crippen molar-refractivity contribution in [3.63, 3.8) is 0 Å². The highest BCUT2D eigenvalue weighted by Crippen LogP contribution is 2.31. The zero-order chi connectivity index (χ0) is 18.1. The molecular formula is C19H21ClFN5. The van der Waals surface area contributed by atoms with Gasteiger partial charge in [-0.1, -0.05) is 36.9 Å². The summed E-state index contributed by atoms with van der Waals surface area (Å²) in [6.45, 7) is 0. The van der Waals surface area contributed by atoms with Gasteiger partial charge in [0.05, 0.1) is 5.52 Å².